The van der Waals surface area contributed by atoms with E-state index in [1.165, 1.54) is 35.4 Å². The number of amides is 2. The van der Waals surface area contributed by atoms with Crippen LogP contribution in [0.25, 0.3) is 10.8 Å². The Morgan fingerprint density at radius 2 is 1.87 bits per heavy atom. The number of fused-ring (bicyclic) bond motifs is 1. The lowest BCUT2D eigenvalue weighted by molar-refractivity contribution is 0.182. The van der Waals surface area contributed by atoms with Crippen molar-refractivity contribution in [3.63, 3.8) is 0 Å². The molecule has 9 heteroatoms. The van der Waals surface area contributed by atoms with E-state index in [0.29, 0.717) is 17.3 Å². The van der Waals surface area contributed by atoms with Crippen molar-refractivity contribution in [2.24, 2.45) is 0 Å². The van der Waals surface area contributed by atoms with Gasteiger partial charge in [0.15, 0.2) is 0 Å². The van der Waals surface area contributed by atoms with Crippen LogP contribution in [0.2, 0.25) is 0 Å². The zero-order valence-electron chi connectivity index (χ0n) is 16.1. The average molecular weight is 419 g/mol. The van der Waals surface area contributed by atoms with Crippen LogP contribution in [0.3, 0.4) is 0 Å². The fourth-order valence-corrected chi connectivity index (χ4v) is 3.28. The van der Waals surface area contributed by atoms with Gasteiger partial charge in [0.2, 0.25) is 0 Å². The summed E-state index contributed by atoms with van der Waals surface area (Å²) < 4.78 is 41.2. The van der Waals surface area contributed by atoms with Gasteiger partial charge in [-0.1, -0.05) is 0 Å². The number of urea groups is 1. The second-order valence-corrected chi connectivity index (χ2v) is 6.77. The Morgan fingerprint density at radius 1 is 1.17 bits per heavy atom. The number of anilines is 1. The molecule has 0 fully saturated rings. The quantitative estimate of drug-likeness (QED) is 0.566. The lowest BCUT2D eigenvalue weighted by Gasteiger charge is -2.30. The molecule has 0 saturated carbocycles. The van der Waals surface area contributed by atoms with Gasteiger partial charge >= 0.3 is 6.03 Å². The Kier molecular flexibility index (Phi) is 6.41. The summed E-state index contributed by atoms with van der Waals surface area (Å²) in [5, 5.41) is 11.6. The molecule has 1 aromatic heterocycles. The molecule has 0 unspecified atom stereocenters. The number of rotatable bonds is 6. The van der Waals surface area contributed by atoms with Crippen LogP contribution >= 0.6 is 0 Å². The summed E-state index contributed by atoms with van der Waals surface area (Å²) in [7, 11) is 0. The Hall–Kier alpha value is -3.33. The normalized spacial score (nSPS) is 12.0. The van der Waals surface area contributed by atoms with Gasteiger partial charge in [0.05, 0.1) is 11.4 Å². The number of nitrogens with one attached hydrogen (secondary N) is 2. The topological polar surface area (TPSA) is 85.4 Å². The fourth-order valence-electron chi connectivity index (χ4n) is 3.28. The van der Waals surface area contributed by atoms with E-state index < -0.39 is 35.1 Å². The molecule has 30 heavy (non-hydrogen) atoms. The summed E-state index contributed by atoms with van der Waals surface area (Å²) in [5.74, 6) is -2.31. The third-order valence-electron chi connectivity index (χ3n) is 4.78. The lowest BCUT2D eigenvalue weighted by atomic mass is 10.0. The van der Waals surface area contributed by atoms with Gasteiger partial charge in [-0.25, -0.2) is 18.0 Å². The fraction of sp³-hybridized carbons (Fsp3) is 0.238. The van der Waals surface area contributed by atoms with Gasteiger partial charge in [-0.3, -0.25) is 4.79 Å². The maximum Gasteiger partial charge on any atom is 0.322 e. The first kappa shape index (κ1) is 21.4. The summed E-state index contributed by atoms with van der Waals surface area (Å²) in [5.41, 5.74) is -0.0302. The highest BCUT2D eigenvalue weighted by Crippen LogP contribution is 2.28. The molecule has 0 bridgehead atoms. The van der Waals surface area contributed by atoms with Crippen LogP contribution in [0.15, 0.2) is 47.4 Å². The standard InChI is InChI=1S/C21H20F3N3O3/c1-12(17-11-25-20(29)19-16(17)9-14(23)10-18(19)24)27(7-2-8-28)21(30)26-15-5-3-13(22)4-6-15/h3-6,9-12,28H,2,7-8H2,1H3,(H,25,29)(H,26,30)/t12-/m1/s1. The predicted octanol–water partition coefficient (Wildman–Crippen LogP) is 3.92. The third-order valence-corrected chi connectivity index (χ3v) is 4.78. The lowest BCUT2D eigenvalue weighted by Crippen LogP contribution is -2.38. The van der Waals surface area contributed by atoms with Gasteiger partial charge in [0.1, 0.15) is 17.5 Å². The van der Waals surface area contributed by atoms with Crippen LogP contribution in [0.4, 0.5) is 23.7 Å². The minimum Gasteiger partial charge on any atom is -0.396 e. The molecule has 1 atom stereocenters. The summed E-state index contributed by atoms with van der Waals surface area (Å²) in [6.07, 6.45) is 1.57. The molecule has 3 N–H and O–H groups in total. The van der Waals surface area contributed by atoms with Crippen LogP contribution in [0, 0.1) is 17.5 Å². The Balaban J connectivity index is 2.00. The number of carbonyl (C=O) groups is 1. The Bertz CT molecular complexity index is 1120. The van der Waals surface area contributed by atoms with E-state index in [2.05, 4.69) is 10.3 Å². The van der Waals surface area contributed by atoms with E-state index in [4.69, 9.17) is 0 Å². The number of halogens is 3. The van der Waals surface area contributed by atoms with Crippen LogP contribution in [-0.2, 0) is 0 Å². The monoisotopic (exact) mass is 419 g/mol. The first-order chi connectivity index (χ1) is 14.3. The van der Waals surface area contributed by atoms with Crippen molar-refractivity contribution in [2.75, 3.05) is 18.5 Å². The van der Waals surface area contributed by atoms with Gasteiger partial charge in [-0.05, 0) is 54.6 Å². The molecule has 0 aliphatic carbocycles. The predicted molar refractivity (Wildman–Crippen MR) is 107 cm³/mol. The van der Waals surface area contributed by atoms with Crippen molar-refractivity contribution in [1.29, 1.82) is 0 Å². The first-order valence-corrected chi connectivity index (χ1v) is 9.26. The van der Waals surface area contributed by atoms with Gasteiger partial charge in [0.25, 0.3) is 5.56 Å². The van der Waals surface area contributed by atoms with Crippen molar-refractivity contribution in [3.05, 3.63) is 76.0 Å². The van der Waals surface area contributed by atoms with Gasteiger partial charge in [-0.2, -0.15) is 0 Å². The van der Waals surface area contributed by atoms with Gasteiger partial charge < -0.3 is 20.3 Å². The van der Waals surface area contributed by atoms with Crippen molar-refractivity contribution in [3.8, 4) is 0 Å². The molecule has 2 amide bonds. The molecule has 0 spiro atoms. The van der Waals surface area contributed by atoms with Crippen molar-refractivity contribution in [2.45, 2.75) is 19.4 Å². The van der Waals surface area contributed by atoms with E-state index in [0.717, 1.165) is 6.07 Å². The summed E-state index contributed by atoms with van der Waals surface area (Å²) >= 11 is 0. The summed E-state index contributed by atoms with van der Waals surface area (Å²) in [6, 6.07) is 5.57. The average Bonchev–Trinajstić information content (AvgIpc) is 2.69. The minimum atomic E-state index is -1.00. The van der Waals surface area contributed by atoms with Crippen molar-refractivity contribution < 1.29 is 23.1 Å². The second kappa shape index (κ2) is 9.00. The number of benzene rings is 2. The number of aromatic nitrogens is 1. The number of H-pyrrole nitrogens is 1. The Morgan fingerprint density at radius 3 is 2.53 bits per heavy atom. The van der Waals surface area contributed by atoms with Crippen molar-refractivity contribution >= 4 is 22.5 Å². The zero-order valence-corrected chi connectivity index (χ0v) is 16.1. The van der Waals surface area contributed by atoms with E-state index in [9.17, 15) is 27.9 Å². The maximum atomic E-state index is 14.2. The number of aliphatic hydroxyl groups is 1. The molecule has 3 rings (SSSR count). The molecule has 2 aromatic carbocycles. The van der Waals surface area contributed by atoms with Crippen molar-refractivity contribution in [1.82, 2.24) is 9.88 Å². The maximum absolute atomic E-state index is 14.2. The molecular formula is C21H20F3N3O3. The molecule has 6 nitrogen and oxygen atoms in total. The molecule has 0 aliphatic rings. The number of nitrogens with zero attached hydrogens (tertiary/aromatic N) is 1. The molecule has 158 valence electrons. The highest BCUT2D eigenvalue weighted by molar-refractivity contribution is 5.91. The number of aromatic amines is 1. The Labute approximate surface area is 170 Å². The number of aliphatic hydroxyl groups excluding tert-OH is 1. The van der Waals surface area contributed by atoms with Crippen LogP contribution in [0.1, 0.15) is 24.9 Å². The SMILES string of the molecule is C[C@H](c1c[nH]c(=O)c2c(F)cc(F)cc12)N(CCCO)C(=O)Nc1ccc(F)cc1. The van der Waals surface area contributed by atoms with Gasteiger partial charge in [0, 0.05) is 31.1 Å². The number of hydrogen-bond donors (Lipinski definition) is 3. The van der Waals surface area contributed by atoms with Crippen LogP contribution in [-0.4, -0.2) is 34.2 Å². The first-order valence-electron chi connectivity index (χ1n) is 9.26. The van der Waals surface area contributed by atoms with Crippen LogP contribution in [0.5, 0.6) is 0 Å². The van der Waals surface area contributed by atoms with E-state index in [1.54, 1.807) is 6.92 Å². The van der Waals surface area contributed by atoms with Gasteiger partial charge in [-0.15, -0.1) is 0 Å². The third kappa shape index (κ3) is 4.46. The summed E-state index contributed by atoms with van der Waals surface area (Å²) in [6.45, 7) is 1.59. The largest absolute Gasteiger partial charge is 0.396 e. The zero-order chi connectivity index (χ0) is 21.8. The molecular weight excluding hydrogens is 399 g/mol. The highest BCUT2D eigenvalue weighted by Gasteiger charge is 2.24. The number of pyridine rings is 1. The van der Waals surface area contributed by atoms with Crippen LogP contribution < -0.4 is 10.9 Å². The molecule has 0 saturated heterocycles. The van der Waals surface area contributed by atoms with E-state index >= 15 is 0 Å². The number of carbonyl (C=O) groups excluding carboxylic acids is 1. The number of hydrogen-bond acceptors (Lipinski definition) is 3. The van der Waals surface area contributed by atoms with E-state index in [-0.39, 0.29) is 30.3 Å². The molecule has 0 radical (unpaired) electrons. The summed E-state index contributed by atoms with van der Waals surface area (Å²) in [4.78, 5) is 28.7. The molecule has 0 aliphatic heterocycles. The van der Waals surface area contributed by atoms with E-state index in [1.807, 2.05) is 0 Å². The molecule has 3 aromatic rings. The highest BCUT2D eigenvalue weighted by atomic mass is 19.1. The minimum absolute atomic E-state index is 0.0485. The second-order valence-electron chi connectivity index (χ2n) is 6.77. The molecule has 1 heterocycles. The smallest absolute Gasteiger partial charge is 0.322 e.